The highest BCUT2D eigenvalue weighted by molar-refractivity contribution is 5.92. The van der Waals surface area contributed by atoms with Crippen molar-refractivity contribution in [1.29, 1.82) is 0 Å². The highest BCUT2D eigenvalue weighted by Crippen LogP contribution is 2.27. The summed E-state index contributed by atoms with van der Waals surface area (Å²) in [6, 6.07) is 4.40. The molecule has 3 rings (SSSR count). The summed E-state index contributed by atoms with van der Waals surface area (Å²) in [5.41, 5.74) is 0.649. The van der Waals surface area contributed by atoms with E-state index in [2.05, 4.69) is 15.5 Å². The predicted octanol–water partition coefficient (Wildman–Crippen LogP) is 2.11. The SMILES string of the molecule is CCn1cc(CNC(=O)c2ccn(COc3cc(F)ccc3[N+](=O)[O-])n2)cn1. The zero-order chi connectivity index (χ0) is 20.1. The van der Waals surface area contributed by atoms with Crippen molar-refractivity contribution in [3.63, 3.8) is 0 Å². The molecule has 0 atom stereocenters. The van der Waals surface area contributed by atoms with E-state index in [0.717, 1.165) is 30.3 Å². The second-order valence-corrected chi connectivity index (χ2v) is 5.77. The molecule has 1 amide bonds. The Labute approximate surface area is 158 Å². The number of rotatable bonds is 8. The largest absolute Gasteiger partial charge is 0.464 e. The van der Waals surface area contributed by atoms with Gasteiger partial charge in [-0.2, -0.15) is 10.2 Å². The number of aromatic nitrogens is 4. The van der Waals surface area contributed by atoms with Crippen molar-refractivity contribution in [2.24, 2.45) is 0 Å². The quantitative estimate of drug-likeness (QED) is 0.467. The Hall–Kier alpha value is -3.76. The molecule has 11 heteroatoms. The van der Waals surface area contributed by atoms with Crippen molar-refractivity contribution in [2.45, 2.75) is 26.7 Å². The van der Waals surface area contributed by atoms with Crippen LogP contribution in [0, 0.1) is 15.9 Å². The third-order valence-corrected chi connectivity index (χ3v) is 3.81. The number of nitrogens with one attached hydrogen (secondary N) is 1. The molecule has 146 valence electrons. The molecule has 0 aliphatic heterocycles. The first-order chi connectivity index (χ1) is 13.5. The fourth-order valence-corrected chi connectivity index (χ4v) is 2.39. The van der Waals surface area contributed by atoms with E-state index in [0.29, 0.717) is 6.54 Å². The summed E-state index contributed by atoms with van der Waals surface area (Å²) in [5.74, 6) is -1.27. The molecule has 2 aromatic heterocycles. The molecule has 3 aromatic rings. The van der Waals surface area contributed by atoms with Gasteiger partial charge in [-0.1, -0.05) is 0 Å². The van der Waals surface area contributed by atoms with Gasteiger partial charge in [0.1, 0.15) is 11.5 Å². The van der Waals surface area contributed by atoms with E-state index in [-0.39, 0.29) is 29.8 Å². The number of amides is 1. The van der Waals surface area contributed by atoms with Gasteiger partial charge in [0, 0.05) is 43.2 Å². The van der Waals surface area contributed by atoms with E-state index in [4.69, 9.17) is 4.74 Å². The van der Waals surface area contributed by atoms with Crippen LogP contribution in [0.2, 0.25) is 0 Å². The first-order valence-electron chi connectivity index (χ1n) is 8.36. The minimum atomic E-state index is -0.669. The highest BCUT2D eigenvalue weighted by atomic mass is 19.1. The van der Waals surface area contributed by atoms with Crippen LogP contribution < -0.4 is 10.1 Å². The van der Waals surface area contributed by atoms with E-state index in [1.807, 2.05) is 13.1 Å². The van der Waals surface area contributed by atoms with Crippen LogP contribution in [-0.4, -0.2) is 30.4 Å². The number of ether oxygens (including phenoxy) is 1. The Morgan fingerprint density at radius 1 is 1.36 bits per heavy atom. The maximum absolute atomic E-state index is 13.3. The maximum Gasteiger partial charge on any atom is 0.311 e. The second kappa shape index (κ2) is 8.29. The highest BCUT2D eigenvalue weighted by Gasteiger charge is 2.16. The minimum absolute atomic E-state index is 0.153. The Balaban J connectivity index is 1.59. The summed E-state index contributed by atoms with van der Waals surface area (Å²) >= 11 is 0. The lowest BCUT2D eigenvalue weighted by molar-refractivity contribution is -0.386. The fourth-order valence-electron chi connectivity index (χ4n) is 2.39. The van der Waals surface area contributed by atoms with Crippen molar-refractivity contribution >= 4 is 11.6 Å². The Morgan fingerprint density at radius 2 is 2.18 bits per heavy atom. The molecule has 10 nitrogen and oxygen atoms in total. The van der Waals surface area contributed by atoms with Gasteiger partial charge >= 0.3 is 5.69 Å². The van der Waals surface area contributed by atoms with Crippen LogP contribution in [0.3, 0.4) is 0 Å². The average Bonchev–Trinajstić information content (AvgIpc) is 3.33. The van der Waals surface area contributed by atoms with Crippen molar-refractivity contribution < 1.29 is 18.8 Å². The van der Waals surface area contributed by atoms with Gasteiger partial charge in [0.05, 0.1) is 11.1 Å². The van der Waals surface area contributed by atoms with Gasteiger partial charge < -0.3 is 10.1 Å². The van der Waals surface area contributed by atoms with Gasteiger partial charge in [0.2, 0.25) is 5.75 Å². The second-order valence-electron chi connectivity index (χ2n) is 5.77. The molecule has 0 saturated heterocycles. The summed E-state index contributed by atoms with van der Waals surface area (Å²) in [7, 11) is 0. The molecule has 0 aliphatic carbocycles. The molecular formula is C17H17FN6O4. The maximum atomic E-state index is 13.3. The van der Waals surface area contributed by atoms with E-state index in [1.54, 1.807) is 10.9 Å². The molecule has 1 N–H and O–H groups in total. The fraction of sp³-hybridized carbons (Fsp3) is 0.235. The van der Waals surface area contributed by atoms with E-state index in [9.17, 15) is 19.3 Å². The topological polar surface area (TPSA) is 117 Å². The number of aryl methyl sites for hydroxylation is 1. The van der Waals surface area contributed by atoms with Gasteiger partial charge in [0.25, 0.3) is 5.91 Å². The summed E-state index contributed by atoms with van der Waals surface area (Å²) in [4.78, 5) is 22.5. The number of hydrogen-bond donors (Lipinski definition) is 1. The van der Waals surface area contributed by atoms with Crippen molar-refractivity contribution in [3.05, 3.63) is 70.0 Å². The monoisotopic (exact) mass is 388 g/mol. The zero-order valence-electron chi connectivity index (χ0n) is 14.9. The van der Waals surface area contributed by atoms with Crippen LogP contribution >= 0.6 is 0 Å². The summed E-state index contributed by atoms with van der Waals surface area (Å²) < 4.78 is 21.6. The number of nitrogens with zero attached hydrogens (tertiary/aromatic N) is 5. The summed E-state index contributed by atoms with van der Waals surface area (Å²) in [6.45, 7) is 2.78. The van der Waals surface area contributed by atoms with Crippen LogP contribution in [0.15, 0.2) is 42.9 Å². The summed E-state index contributed by atoms with van der Waals surface area (Å²) in [6.07, 6.45) is 4.98. The smallest absolute Gasteiger partial charge is 0.311 e. The first kappa shape index (κ1) is 19.0. The predicted molar refractivity (Wildman–Crippen MR) is 95.0 cm³/mol. The number of nitro benzene ring substituents is 1. The lowest BCUT2D eigenvalue weighted by atomic mass is 10.3. The van der Waals surface area contributed by atoms with Gasteiger partial charge in [-0.05, 0) is 19.1 Å². The van der Waals surface area contributed by atoms with Crippen molar-refractivity contribution in [2.75, 3.05) is 0 Å². The molecule has 0 saturated carbocycles. The van der Waals surface area contributed by atoms with Crippen LogP contribution in [0.1, 0.15) is 23.0 Å². The van der Waals surface area contributed by atoms with Crippen LogP contribution in [0.25, 0.3) is 0 Å². The van der Waals surface area contributed by atoms with E-state index >= 15 is 0 Å². The van der Waals surface area contributed by atoms with Crippen LogP contribution in [0.5, 0.6) is 5.75 Å². The van der Waals surface area contributed by atoms with Crippen molar-refractivity contribution in [1.82, 2.24) is 24.9 Å². The standard InChI is InChI=1S/C17H17FN6O4/c1-2-22-10-12(9-20-22)8-19-17(25)14-5-6-23(21-14)11-28-16-7-13(18)3-4-15(16)24(26)27/h3-7,9-10H,2,8,11H2,1H3,(H,19,25). The minimum Gasteiger partial charge on any atom is -0.464 e. The van der Waals surface area contributed by atoms with Gasteiger partial charge in [-0.15, -0.1) is 0 Å². The molecule has 0 bridgehead atoms. The number of hydrogen-bond acceptors (Lipinski definition) is 6. The number of halogens is 1. The normalized spacial score (nSPS) is 10.6. The van der Waals surface area contributed by atoms with Crippen LogP contribution in [-0.2, 0) is 19.8 Å². The molecule has 0 unspecified atom stereocenters. The van der Waals surface area contributed by atoms with Crippen LogP contribution in [0.4, 0.5) is 10.1 Å². The molecule has 1 aromatic carbocycles. The molecule has 0 fully saturated rings. The first-order valence-corrected chi connectivity index (χ1v) is 8.36. The average molecular weight is 388 g/mol. The number of carbonyl (C=O) groups excluding carboxylic acids is 1. The molecule has 0 radical (unpaired) electrons. The molecule has 28 heavy (non-hydrogen) atoms. The molecule has 2 heterocycles. The molecule has 0 aliphatic rings. The van der Waals surface area contributed by atoms with Gasteiger partial charge in [0.15, 0.2) is 6.73 Å². The molecule has 0 spiro atoms. The zero-order valence-corrected chi connectivity index (χ0v) is 14.9. The van der Waals surface area contributed by atoms with E-state index in [1.165, 1.54) is 16.9 Å². The number of carbonyl (C=O) groups is 1. The summed E-state index contributed by atoms with van der Waals surface area (Å²) in [5, 5.41) is 21.9. The molecular weight excluding hydrogens is 371 g/mol. The van der Waals surface area contributed by atoms with E-state index < -0.39 is 10.7 Å². The van der Waals surface area contributed by atoms with Crippen molar-refractivity contribution in [3.8, 4) is 5.75 Å². The lowest BCUT2D eigenvalue weighted by Gasteiger charge is -2.07. The lowest BCUT2D eigenvalue weighted by Crippen LogP contribution is -2.23. The number of benzene rings is 1. The third kappa shape index (κ3) is 4.50. The third-order valence-electron chi connectivity index (χ3n) is 3.81. The Morgan fingerprint density at radius 3 is 2.89 bits per heavy atom. The Kier molecular flexibility index (Phi) is 5.63. The number of nitro groups is 1. The van der Waals surface area contributed by atoms with Gasteiger partial charge in [-0.3, -0.25) is 19.6 Å². The Bertz CT molecular complexity index is 999. The van der Waals surface area contributed by atoms with Gasteiger partial charge in [-0.25, -0.2) is 9.07 Å².